The molecule has 1 N–H and O–H groups in total. The third-order valence-corrected chi connectivity index (χ3v) is 5.86. The topological polar surface area (TPSA) is 61.9 Å². The molecule has 1 saturated heterocycles. The van der Waals surface area contributed by atoms with Gasteiger partial charge in [0, 0.05) is 26.2 Å². The van der Waals surface area contributed by atoms with E-state index in [0.29, 0.717) is 31.7 Å². The maximum Gasteiger partial charge on any atom is 0.471 e. The van der Waals surface area contributed by atoms with Crippen molar-refractivity contribution < 1.29 is 27.5 Å². The smallest absolute Gasteiger partial charge is 0.444 e. The van der Waals surface area contributed by atoms with Crippen molar-refractivity contribution in [2.45, 2.75) is 50.9 Å². The molecule has 0 aromatic heterocycles. The molecule has 1 aromatic rings. The predicted octanol–water partition coefficient (Wildman–Crippen LogP) is 4.34. The molecule has 174 valence electrons. The summed E-state index contributed by atoms with van der Waals surface area (Å²) in [5, 5.41) is 2.02. The minimum atomic E-state index is -4.90. The van der Waals surface area contributed by atoms with Crippen LogP contribution in [0.1, 0.15) is 50.2 Å². The molecule has 0 spiro atoms. The molecule has 0 bridgehead atoms. The van der Waals surface area contributed by atoms with Gasteiger partial charge in [-0.05, 0) is 45.1 Å². The van der Waals surface area contributed by atoms with Gasteiger partial charge < -0.3 is 15.0 Å². The molecule has 1 fully saturated rings. The fraction of sp³-hybridized carbons (Fsp3) is 0.619. The van der Waals surface area contributed by atoms with Crippen LogP contribution in [0, 0.1) is 0 Å². The molecule has 1 aromatic carbocycles. The van der Waals surface area contributed by atoms with Gasteiger partial charge in [-0.1, -0.05) is 24.3 Å². The quantitative estimate of drug-likeness (QED) is 0.707. The van der Waals surface area contributed by atoms with Crippen LogP contribution < -0.4 is 5.32 Å². The van der Waals surface area contributed by atoms with Crippen LogP contribution in [0.15, 0.2) is 24.3 Å². The van der Waals surface area contributed by atoms with E-state index in [2.05, 4.69) is 4.90 Å². The van der Waals surface area contributed by atoms with Crippen LogP contribution in [0.2, 0.25) is 0 Å². The third-order valence-electron chi connectivity index (χ3n) is 4.85. The normalized spacial score (nSPS) is 17.7. The highest BCUT2D eigenvalue weighted by molar-refractivity contribution is 7.98. The van der Waals surface area contributed by atoms with Gasteiger partial charge in [0.2, 0.25) is 0 Å². The lowest BCUT2D eigenvalue weighted by Gasteiger charge is -2.39. The number of rotatable bonds is 5. The Morgan fingerprint density at radius 2 is 1.55 bits per heavy atom. The van der Waals surface area contributed by atoms with Crippen LogP contribution in [0.4, 0.5) is 18.0 Å². The number of nitrogens with one attached hydrogen (secondary N) is 1. The van der Waals surface area contributed by atoms with Crippen molar-refractivity contribution in [1.29, 1.82) is 0 Å². The first-order valence-electron chi connectivity index (χ1n) is 10.0. The van der Waals surface area contributed by atoms with E-state index in [4.69, 9.17) is 4.74 Å². The van der Waals surface area contributed by atoms with Gasteiger partial charge >= 0.3 is 18.2 Å². The minimum Gasteiger partial charge on any atom is -0.444 e. The van der Waals surface area contributed by atoms with E-state index in [0.717, 1.165) is 5.56 Å². The van der Waals surface area contributed by atoms with Crippen molar-refractivity contribution in [3.8, 4) is 0 Å². The van der Waals surface area contributed by atoms with Crippen molar-refractivity contribution in [3.63, 3.8) is 0 Å². The van der Waals surface area contributed by atoms with Crippen LogP contribution in [0.5, 0.6) is 0 Å². The summed E-state index contributed by atoms with van der Waals surface area (Å²) in [4.78, 5) is 27.4. The van der Waals surface area contributed by atoms with Crippen molar-refractivity contribution in [3.05, 3.63) is 35.4 Å². The number of hydrogen-bond donors (Lipinski definition) is 1. The Morgan fingerprint density at radius 3 is 2.00 bits per heavy atom. The number of benzene rings is 1. The molecule has 1 aliphatic heterocycles. The van der Waals surface area contributed by atoms with E-state index in [1.807, 2.05) is 44.5 Å². The summed E-state index contributed by atoms with van der Waals surface area (Å²) in [5.41, 5.74) is 1.07. The van der Waals surface area contributed by atoms with Gasteiger partial charge in [-0.3, -0.25) is 9.69 Å². The van der Waals surface area contributed by atoms with Crippen molar-refractivity contribution in [2.75, 3.05) is 32.4 Å². The molecule has 1 aliphatic rings. The highest BCUT2D eigenvalue weighted by atomic mass is 32.2. The third kappa shape index (κ3) is 7.31. The molecule has 2 amide bonds. The van der Waals surface area contributed by atoms with Gasteiger partial charge in [0.25, 0.3) is 0 Å². The molecule has 1 unspecified atom stereocenters. The number of hydrogen-bond acceptors (Lipinski definition) is 5. The molecular formula is C21H30F3N3O3S. The van der Waals surface area contributed by atoms with E-state index < -0.39 is 23.7 Å². The van der Waals surface area contributed by atoms with Gasteiger partial charge in [-0.25, -0.2) is 4.79 Å². The number of carbonyl (C=O) groups is 2. The van der Waals surface area contributed by atoms with Crippen LogP contribution in [-0.2, 0) is 9.53 Å². The molecule has 0 saturated carbocycles. The lowest BCUT2D eigenvalue weighted by atomic mass is 10.1. The lowest BCUT2D eigenvalue weighted by Crippen LogP contribution is -2.50. The van der Waals surface area contributed by atoms with Crippen molar-refractivity contribution in [1.82, 2.24) is 15.1 Å². The van der Waals surface area contributed by atoms with E-state index in [9.17, 15) is 22.8 Å². The zero-order valence-electron chi connectivity index (χ0n) is 18.5. The van der Waals surface area contributed by atoms with E-state index in [1.165, 1.54) is 6.92 Å². The molecule has 2 rings (SSSR count). The summed E-state index contributed by atoms with van der Waals surface area (Å²) in [5.74, 6) is -1.95. The molecule has 0 radical (unpaired) electrons. The molecule has 2 atom stereocenters. The standard InChI is InChI=1S/C21H30F3N3O3S/c1-14(25-18(28)21(22,23)24)15-6-8-16(9-7-15)17(31-5)26-10-12-27(13-11-26)19(29)30-20(2,3)4/h6-9,14,17H,10-13H2,1-5H3,(H,25,28)/t14-,17?/m0/s1. The zero-order valence-corrected chi connectivity index (χ0v) is 19.3. The second-order valence-electron chi connectivity index (χ2n) is 8.45. The van der Waals surface area contributed by atoms with Crippen LogP contribution >= 0.6 is 11.8 Å². The SMILES string of the molecule is CSC(c1ccc([C@H](C)NC(=O)C(F)(F)F)cc1)N1CCN(C(=O)OC(C)(C)C)CC1. The number of carbonyl (C=O) groups excluding carboxylic acids is 2. The number of piperazine rings is 1. The molecular weight excluding hydrogens is 431 g/mol. The van der Waals surface area contributed by atoms with Crippen LogP contribution in [-0.4, -0.2) is 66.0 Å². The lowest BCUT2D eigenvalue weighted by molar-refractivity contribution is -0.174. The number of thioether (sulfide) groups is 1. The van der Waals surface area contributed by atoms with Crippen molar-refractivity contribution in [2.24, 2.45) is 0 Å². The molecule has 1 heterocycles. The summed E-state index contributed by atoms with van der Waals surface area (Å²) >= 11 is 1.65. The second kappa shape index (κ2) is 10.1. The summed E-state index contributed by atoms with van der Waals surface area (Å²) in [6, 6.07) is 6.45. The minimum absolute atomic E-state index is 0.0508. The summed E-state index contributed by atoms with van der Waals surface area (Å²) in [7, 11) is 0. The molecule has 10 heteroatoms. The summed E-state index contributed by atoms with van der Waals surface area (Å²) in [6.07, 6.45) is -3.22. The Balaban J connectivity index is 1.98. The first-order chi connectivity index (χ1) is 14.3. The van der Waals surface area contributed by atoms with Crippen LogP contribution in [0.25, 0.3) is 0 Å². The van der Waals surface area contributed by atoms with Crippen molar-refractivity contribution >= 4 is 23.8 Å². The average molecular weight is 462 g/mol. The molecule has 0 aliphatic carbocycles. The Morgan fingerprint density at radius 1 is 1.03 bits per heavy atom. The summed E-state index contributed by atoms with van der Waals surface area (Å²) in [6.45, 7) is 9.52. The molecule has 6 nitrogen and oxygen atoms in total. The Kier molecular flexibility index (Phi) is 8.27. The van der Waals surface area contributed by atoms with Gasteiger partial charge in [0.15, 0.2) is 0 Å². The monoisotopic (exact) mass is 461 g/mol. The average Bonchev–Trinajstić information content (AvgIpc) is 2.67. The Labute approximate surface area is 185 Å². The van der Waals surface area contributed by atoms with Gasteiger partial charge in [0.1, 0.15) is 5.60 Å². The number of amides is 2. The number of ether oxygens (including phenoxy) is 1. The van der Waals surface area contributed by atoms with Crippen LogP contribution in [0.3, 0.4) is 0 Å². The van der Waals surface area contributed by atoms with E-state index in [1.54, 1.807) is 28.8 Å². The Hall–Kier alpha value is -1.94. The van der Waals surface area contributed by atoms with Gasteiger partial charge in [0.05, 0.1) is 11.4 Å². The summed E-state index contributed by atoms with van der Waals surface area (Å²) < 4.78 is 42.8. The number of halogens is 3. The fourth-order valence-corrected chi connectivity index (χ4v) is 4.21. The van der Waals surface area contributed by atoms with E-state index in [-0.39, 0.29) is 11.5 Å². The molecule has 31 heavy (non-hydrogen) atoms. The van der Waals surface area contributed by atoms with Gasteiger partial charge in [-0.15, -0.1) is 11.8 Å². The van der Waals surface area contributed by atoms with E-state index >= 15 is 0 Å². The number of alkyl halides is 3. The first-order valence-corrected chi connectivity index (χ1v) is 11.3. The number of nitrogens with zero attached hydrogens (tertiary/aromatic N) is 2. The highest BCUT2D eigenvalue weighted by Crippen LogP contribution is 2.32. The highest BCUT2D eigenvalue weighted by Gasteiger charge is 2.39. The van der Waals surface area contributed by atoms with Gasteiger partial charge in [-0.2, -0.15) is 13.2 Å². The predicted molar refractivity (Wildman–Crippen MR) is 115 cm³/mol. The zero-order chi connectivity index (χ0) is 23.4. The fourth-order valence-electron chi connectivity index (χ4n) is 3.27. The largest absolute Gasteiger partial charge is 0.471 e. The Bertz CT molecular complexity index is 758. The second-order valence-corrected chi connectivity index (χ2v) is 9.37. The maximum atomic E-state index is 12.5. The first kappa shape index (κ1) is 25.3. The maximum absolute atomic E-state index is 12.5.